The molecule has 0 amide bonds. The van der Waals surface area contributed by atoms with Crippen LogP contribution in [0.5, 0.6) is 0 Å². The summed E-state index contributed by atoms with van der Waals surface area (Å²) in [5, 5.41) is 3.95. The van der Waals surface area contributed by atoms with Gasteiger partial charge in [-0.2, -0.15) is 0 Å². The summed E-state index contributed by atoms with van der Waals surface area (Å²) in [4.78, 5) is 0. The van der Waals surface area contributed by atoms with Crippen LogP contribution >= 0.6 is 0 Å². The van der Waals surface area contributed by atoms with Gasteiger partial charge in [-0.15, -0.1) is 0 Å². The Bertz CT molecular complexity index is 226. The van der Waals surface area contributed by atoms with E-state index in [1.807, 2.05) is 0 Å². The Labute approximate surface area is 127 Å². The zero-order chi connectivity index (χ0) is 14.0. The average molecular weight is 280 g/mol. The molecule has 2 rings (SSSR count). The zero-order valence-electron chi connectivity index (χ0n) is 13.8. The summed E-state index contributed by atoms with van der Waals surface area (Å²) in [6, 6.07) is 0.822. The van der Waals surface area contributed by atoms with E-state index in [2.05, 4.69) is 12.2 Å². The van der Waals surface area contributed by atoms with Gasteiger partial charge in [0.25, 0.3) is 0 Å². The third-order valence-electron chi connectivity index (χ3n) is 5.81. The van der Waals surface area contributed by atoms with Gasteiger partial charge in [0.1, 0.15) is 0 Å². The predicted molar refractivity (Wildman–Crippen MR) is 89.1 cm³/mol. The minimum Gasteiger partial charge on any atom is -0.314 e. The summed E-state index contributed by atoms with van der Waals surface area (Å²) < 4.78 is 0. The third-order valence-corrected chi connectivity index (χ3v) is 5.81. The molecule has 0 aliphatic heterocycles. The fourth-order valence-electron chi connectivity index (χ4n) is 4.21. The summed E-state index contributed by atoms with van der Waals surface area (Å²) in [6.45, 7) is 3.76. The molecule has 118 valence electrons. The first-order valence-corrected chi connectivity index (χ1v) is 9.59. The molecule has 2 aliphatic carbocycles. The lowest BCUT2D eigenvalue weighted by molar-refractivity contribution is 0.338. The molecule has 0 radical (unpaired) electrons. The molecule has 0 saturated heterocycles. The molecule has 2 saturated carbocycles. The van der Waals surface area contributed by atoms with Crippen molar-refractivity contribution in [3.8, 4) is 0 Å². The van der Waals surface area contributed by atoms with E-state index < -0.39 is 0 Å². The molecule has 1 N–H and O–H groups in total. The number of rotatable bonds is 3. The number of hydrogen-bond acceptors (Lipinski definition) is 1. The van der Waals surface area contributed by atoms with Crippen molar-refractivity contribution in [2.75, 3.05) is 6.54 Å². The molecule has 0 aromatic carbocycles. The second-order valence-electron chi connectivity index (χ2n) is 7.53. The fraction of sp³-hybridized carbons (Fsp3) is 1.00. The number of nitrogens with one attached hydrogen (secondary N) is 1. The number of hydrogen-bond donors (Lipinski definition) is 1. The van der Waals surface area contributed by atoms with Gasteiger partial charge < -0.3 is 5.32 Å². The van der Waals surface area contributed by atoms with Crippen molar-refractivity contribution >= 4 is 0 Å². The van der Waals surface area contributed by atoms with E-state index in [0.717, 1.165) is 17.9 Å². The molecule has 2 fully saturated rings. The van der Waals surface area contributed by atoms with E-state index in [9.17, 15) is 0 Å². The zero-order valence-corrected chi connectivity index (χ0v) is 13.8. The Hall–Kier alpha value is -0.0400. The van der Waals surface area contributed by atoms with Crippen LogP contribution in [0.4, 0.5) is 0 Å². The maximum absolute atomic E-state index is 3.95. The summed E-state index contributed by atoms with van der Waals surface area (Å²) in [6.07, 6.45) is 20.5. The summed E-state index contributed by atoms with van der Waals surface area (Å²) in [7, 11) is 0. The van der Waals surface area contributed by atoms with E-state index in [4.69, 9.17) is 0 Å². The summed E-state index contributed by atoms with van der Waals surface area (Å²) >= 11 is 0. The smallest absolute Gasteiger partial charge is 0.00671 e. The van der Waals surface area contributed by atoms with Crippen LogP contribution in [0.2, 0.25) is 0 Å². The van der Waals surface area contributed by atoms with Crippen LogP contribution in [0, 0.1) is 11.8 Å². The van der Waals surface area contributed by atoms with E-state index >= 15 is 0 Å². The molecule has 1 heteroatoms. The van der Waals surface area contributed by atoms with Crippen molar-refractivity contribution in [3.05, 3.63) is 0 Å². The lowest BCUT2D eigenvalue weighted by Crippen LogP contribution is -2.34. The van der Waals surface area contributed by atoms with Crippen molar-refractivity contribution in [2.24, 2.45) is 11.8 Å². The van der Waals surface area contributed by atoms with Crippen molar-refractivity contribution < 1.29 is 0 Å². The van der Waals surface area contributed by atoms with Crippen molar-refractivity contribution in [2.45, 2.75) is 103 Å². The SMILES string of the molecule is CC1CCCC1CNC1CCCCCCCCCCC1. The van der Waals surface area contributed by atoms with E-state index in [1.165, 1.54) is 96.4 Å². The van der Waals surface area contributed by atoms with Gasteiger partial charge in [-0.05, 0) is 37.6 Å². The minimum atomic E-state index is 0.822. The summed E-state index contributed by atoms with van der Waals surface area (Å²) in [5.41, 5.74) is 0. The standard InChI is InChI=1S/C19H37N/c1-17-12-11-13-18(17)16-20-19-14-9-7-5-3-2-4-6-8-10-15-19/h17-20H,2-16H2,1H3. The van der Waals surface area contributed by atoms with Gasteiger partial charge in [0.05, 0.1) is 0 Å². The fourth-order valence-corrected chi connectivity index (χ4v) is 4.21. The normalized spacial score (nSPS) is 31.6. The highest BCUT2D eigenvalue weighted by atomic mass is 14.9. The van der Waals surface area contributed by atoms with Crippen molar-refractivity contribution in [1.82, 2.24) is 5.32 Å². The van der Waals surface area contributed by atoms with E-state index in [-0.39, 0.29) is 0 Å². The largest absolute Gasteiger partial charge is 0.314 e. The monoisotopic (exact) mass is 279 g/mol. The molecule has 0 heterocycles. The van der Waals surface area contributed by atoms with Gasteiger partial charge in [-0.3, -0.25) is 0 Å². The van der Waals surface area contributed by atoms with Gasteiger partial charge in [0.15, 0.2) is 0 Å². The van der Waals surface area contributed by atoms with Gasteiger partial charge >= 0.3 is 0 Å². The molecule has 1 nitrogen and oxygen atoms in total. The van der Waals surface area contributed by atoms with Crippen molar-refractivity contribution in [1.29, 1.82) is 0 Å². The second kappa shape index (κ2) is 9.82. The van der Waals surface area contributed by atoms with Crippen molar-refractivity contribution in [3.63, 3.8) is 0 Å². The molecule has 0 bridgehead atoms. The Morgan fingerprint density at radius 3 is 1.70 bits per heavy atom. The Morgan fingerprint density at radius 2 is 1.20 bits per heavy atom. The molecule has 2 aliphatic rings. The van der Waals surface area contributed by atoms with Gasteiger partial charge in [-0.1, -0.05) is 77.6 Å². The minimum absolute atomic E-state index is 0.822. The Kier molecular flexibility index (Phi) is 8.02. The third kappa shape index (κ3) is 6.16. The van der Waals surface area contributed by atoms with E-state index in [0.29, 0.717) is 0 Å². The molecule has 20 heavy (non-hydrogen) atoms. The first kappa shape index (κ1) is 16.3. The highest BCUT2D eigenvalue weighted by Gasteiger charge is 2.23. The van der Waals surface area contributed by atoms with Crippen LogP contribution in [-0.2, 0) is 0 Å². The maximum Gasteiger partial charge on any atom is 0.00671 e. The van der Waals surface area contributed by atoms with Crippen LogP contribution in [0.25, 0.3) is 0 Å². The van der Waals surface area contributed by atoms with Gasteiger partial charge in [0.2, 0.25) is 0 Å². The average Bonchev–Trinajstić information content (AvgIpc) is 2.84. The molecular formula is C19H37N. The molecule has 2 atom stereocenters. The predicted octanol–water partition coefficient (Wildman–Crippen LogP) is 5.69. The van der Waals surface area contributed by atoms with Crippen LogP contribution in [0.3, 0.4) is 0 Å². The van der Waals surface area contributed by atoms with Crippen LogP contribution < -0.4 is 5.32 Å². The van der Waals surface area contributed by atoms with Gasteiger partial charge in [-0.25, -0.2) is 0 Å². The highest BCUT2D eigenvalue weighted by Crippen LogP contribution is 2.30. The second-order valence-corrected chi connectivity index (χ2v) is 7.53. The molecule has 0 aromatic heterocycles. The molecular weight excluding hydrogens is 242 g/mol. The molecule has 2 unspecified atom stereocenters. The lowest BCUT2D eigenvalue weighted by atomic mass is 9.95. The topological polar surface area (TPSA) is 12.0 Å². The van der Waals surface area contributed by atoms with Crippen LogP contribution in [-0.4, -0.2) is 12.6 Å². The lowest BCUT2D eigenvalue weighted by Gasteiger charge is -2.23. The first-order valence-electron chi connectivity index (χ1n) is 9.59. The molecule has 0 aromatic rings. The van der Waals surface area contributed by atoms with Crippen LogP contribution in [0.1, 0.15) is 96.8 Å². The maximum atomic E-state index is 3.95. The quantitative estimate of drug-likeness (QED) is 0.700. The summed E-state index contributed by atoms with van der Waals surface area (Å²) in [5.74, 6) is 1.94. The first-order chi connectivity index (χ1) is 9.86. The van der Waals surface area contributed by atoms with E-state index in [1.54, 1.807) is 0 Å². The Balaban J connectivity index is 1.68. The van der Waals surface area contributed by atoms with Gasteiger partial charge in [0, 0.05) is 6.04 Å². The highest BCUT2D eigenvalue weighted by molar-refractivity contribution is 4.78. The molecule has 0 spiro atoms. The Morgan fingerprint density at radius 1 is 0.650 bits per heavy atom. The van der Waals surface area contributed by atoms with Crippen LogP contribution in [0.15, 0.2) is 0 Å².